The average Bonchev–Trinajstić information content (AvgIpc) is 3.30. The summed E-state index contributed by atoms with van der Waals surface area (Å²) in [6.45, 7) is 17.7. The van der Waals surface area contributed by atoms with E-state index in [2.05, 4.69) is 36.0 Å². The maximum Gasteiger partial charge on any atom is 0.488 e. The van der Waals surface area contributed by atoms with Gasteiger partial charge < -0.3 is 24.6 Å². The van der Waals surface area contributed by atoms with Crippen molar-refractivity contribution in [2.24, 2.45) is 0 Å². The number of rotatable bonds is 15. The average molecular weight is 1320 g/mol. The SMILES string of the molecule is Cc1cc(Br)cc(F)c1O.Cc1cc(Br)cc(F)c1OCCCC(F)(F)F.Cc1cc(C)c(-c2cc(C)c(OCCCC(F)(F)F)c(F)c2)c(C)c1.Cc1cc(C)c(B(O)O)c(C)c1.Cc1ccc(S(=O)(=O)OCCCC(F)(F)F)cc1. The van der Waals surface area contributed by atoms with E-state index in [-0.39, 0.29) is 54.6 Å². The number of phenols is 1. The van der Waals surface area contributed by atoms with E-state index in [0.717, 1.165) is 50.1 Å². The molecule has 0 aliphatic carbocycles. The Morgan fingerprint density at radius 2 is 0.854 bits per heavy atom. The van der Waals surface area contributed by atoms with Crippen molar-refractivity contribution >= 4 is 54.6 Å². The van der Waals surface area contributed by atoms with Crippen LogP contribution in [0.5, 0.6) is 17.2 Å². The van der Waals surface area contributed by atoms with Crippen molar-refractivity contribution in [1.82, 2.24) is 0 Å². The van der Waals surface area contributed by atoms with Crippen LogP contribution in [0.4, 0.5) is 52.7 Å². The lowest BCUT2D eigenvalue weighted by atomic mass is 9.74. The molecule has 0 aromatic heterocycles. The Labute approximate surface area is 488 Å². The molecule has 0 heterocycles. The molecule has 8 nitrogen and oxygen atoms in total. The molecule has 0 aliphatic rings. The van der Waals surface area contributed by atoms with Crippen LogP contribution in [-0.4, -0.2) is 69.0 Å². The Kier molecular flexibility index (Phi) is 29.0. The summed E-state index contributed by atoms with van der Waals surface area (Å²) in [5, 5.41) is 27.0. The molecule has 0 bridgehead atoms. The van der Waals surface area contributed by atoms with Gasteiger partial charge in [-0.05, 0) is 181 Å². The Morgan fingerprint density at radius 3 is 1.24 bits per heavy atom. The lowest BCUT2D eigenvalue weighted by Gasteiger charge is -2.16. The summed E-state index contributed by atoms with van der Waals surface area (Å²) in [5.74, 6) is -1.97. The third-order valence-corrected chi connectivity index (χ3v) is 13.7. The molecule has 6 rings (SSSR count). The van der Waals surface area contributed by atoms with Crippen molar-refractivity contribution < 1.29 is 89.9 Å². The first-order chi connectivity index (χ1) is 37.7. The van der Waals surface area contributed by atoms with E-state index in [1.54, 1.807) is 52.0 Å². The summed E-state index contributed by atoms with van der Waals surface area (Å²) >= 11 is 6.21. The van der Waals surface area contributed by atoms with Crippen LogP contribution in [0.25, 0.3) is 11.1 Å². The van der Waals surface area contributed by atoms with Crippen LogP contribution in [0, 0.1) is 86.7 Å². The second-order valence-corrected chi connectivity index (χ2v) is 22.5. The smallest absolute Gasteiger partial charge is 0.488 e. The fourth-order valence-electron chi connectivity index (χ4n) is 7.97. The van der Waals surface area contributed by atoms with Crippen molar-refractivity contribution in [2.45, 2.75) is 131 Å². The molecule has 3 N–H and O–H groups in total. The van der Waals surface area contributed by atoms with Gasteiger partial charge in [0.1, 0.15) is 0 Å². The number of benzene rings is 6. The predicted octanol–water partition coefficient (Wildman–Crippen LogP) is 17.0. The summed E-state index contributed by atoms with van der Waals surface area (Å²) in [5.41, 5.74) is 11.1. The van der Waals surface area contributed by atoms with Gasteiger partial charge in [-0.3, -0.25) is 4.18 Å². The van der Waals surface area contributed by atoms with Gasteiger partial charge >= 0.3 is 25.6 Å². The van der Waals surface area contributed by atoms with E-state index in [1.165, 1.54) is 30.3 Å². The molecule has 6 aromatic carbocycles. The quantitative estimate of drug-likeness (QED) is 0.0402. The minimum atomic E-state index is -4.29. The highest BCUT2D eigenvalue weighted by molar-refractivity contribution is 9.10. The van der Waals surface area contributed by atoms with Crippen molar-refractivity contribution in [3.8, 4) is 28.4 Å². The molecule has 0 saturated heterocycles. The molecule has 0 atom stereocenters. The fraction of sp³-hybridized carbons (Fsp3) is 0.379. The maximum atomic E-state index is 14.5. The van der Waals surface area contributed by atoms with Gasteiger partial charge in [-0.25, -0.2) is 13.2 Å². The maximum absolute atomic E-state index is 14.5. The molecule has 82 heavy (non-hydrogen) atoms. The standard InChI is InChI=1S/C20H22F4O.C11H11BrF4O.C11H13F3O3S.C9H13BO2.C7H6BrFO/c1-12-8-13(2)18(14(3)9-12)16-10-15(4)19(17(21)11-16)25-7-5-6-20(22,23)24;1-7-5-8(12)6-9(13)10(7)17-4-2-3-11(14,15)16;1-9-3-5-10(6-4-9)18(15,16)17-8-2-7-11(12,13)14;1-6-4-7(2)9(10(11)12)8(3)5-6;1-4-2-5(8)3-6(9)7(4)10/h8-11H,5-7H2,1-4H3;5-6H,2-4H2,1H3;3-6H,2,7-8H2,1H3;4-5,11-12H,1-3H3;2-3,10H,1H3. The van der Waals surface area contributed by atoms with Gasteiger partial charge in [-0.2, -0.15) is 47.9 Å². The number of aromatic hydroxyl groups is 1. The van der Waals surface area contributed by atoms with Crippen molar-refractivity contribution in [2.75, 3.05) is 19.8 Å². The molecule has 0 saturated carbocycles. The monoisotopic (exact) mass is 1320 g/mol. The van der Waals surface area contributed by atoms with E-state index in [0.29, 0.717) is 31.1 Å². The van der Waals surface area contributed by atoms with Crippen molar-refractivity contribution in [3.05, 3.63) is 167 Å². The largest absolute Gasteiger partial charge is 0.505 e. The van der Waals surface area contributed by atoms with E-state index >= 15 is 0 Å². The summed E-state index contributed by atoms with van der Waals surface area (Å²) in [6, 6.07) is 22.8. The number of alkyl halides is 9. The Hall–Kier alpha value is -5.27. The lowest BCUT2D eigenvalue weighted by Crippen LogP contribution is -2.34. The first-order valence-corrected chi connectivity index (χ1v) is 28.1. The van der Waals surface area contributed by atoms with Crippen LogP contribution < -0.4 is 14.9 Å². The first kappa shape index (κ1) is 72.8. The minimum Gasteiger partial charge on any atom is -0.505 e. The van der Waals surface area contributed by atoms with E-state index in [1.807, 2.05) is 71.9 Å². The zero-order chi connectivity index (χ0) is 62.7. The Balaban J connectivity index is 0.000000362. The highest BCUT2D eigenvalue weighted by atomic mass is 79.9. The van der Waals surface area contributed by atoms with E-state index in [9.17, 15) is 61.1 Å². The van der Waals surface area contributed by atoms with Crippen molar-refractivity contribution in [1.29, 1.82) is 0 Å². The third kappa shape index (κ3) is 26.5. The second-order valence-electron chi connectivity index (χ2n) is 19.1. The van der Waals surface area contributed by atoms with Crippen LogP contribution in [0.2, 0.25) is 0 Å². The van der Waals surface area contributed by atoms with Gasteiger partial charge in [0.05, 0.1) is 24.7 Å². The number of ether oxygens (including phenoxy) is 2. The summed E-state index contributed by atoms with van der Waals surface area (Å²) in [7, 11) is -5.32. The molecule has 0 amide bonds. The van der Waals surface area contributed by atoms with E-state index in [4.69, 9.17) is 24.6 Å². The summed E-state index contributed by atoms with van der Waals surface area (Å²) in [6.07, 6.45) is -16.4. The predicted molar refractivity (Wildman–Crippen MR) is 302 cm³/mol. The highest BCUT2D eigenvalue weighted by Crippen LogP contribution is 2.35. The molecular formula is C58H65BBr2F12O8S. The van der Waals surface area contributed by atoms with Gasteiger partial charge in [-0.15, -0.1) is 0 Å². The molecule has 0 aliphatic heterocycles. The van der Waals surface area contributed by atoms with Crippen molar-refractivity contribution in [3.63, 3.8) is 0 Å². The number of phenolic OH excluding ortho intramolecular Hbond substituents is 1. The number of hydrogen-bond donors (Lipinski definition) is 3. The Morgan fingerprint density at radius 1 is 0.476 bits per heavy atom. The third-order valence-electron chi connectivity index (χ3n) is 11.5. The molecule has 452 valence electrons. The van der Waals surface area contributed by atoms with E-state index < -0.39 is 79.1 Å². The minimum absolute atomic E-state index is 0.00961. The molecule has 24 heteroatoms. The van der Waals surface area contributed by atoms with Gasteiger partial charge in [0.25, 0.3) is 10.1 Å². The van der Waals surface area contributed by atoms with Crippen LogP contribution in [0.1, 0.15) is 94.2 Å². The molecule has 0 spiro atoms. The normalized spacial score (nSPS) is 11.4. The van der Waals surface area contributed by atoms with Crippen LogP contribution in [-0.2, 0) is 14.3 Å². The zero-order valence-electron chi connectivity index (χ0n) is 46.6. The molecule has 6 aromatic rings. The fourth-order valence-corrected chi connectivity index (χ4v) is 10.00. The number of hydrogen-bond acceptors (Lipinski definition) is 8. The second kappa shape index (κ2) is 32.7. The van der Waals surface area contributed by atoms with Crippen LogP contribution in [0.3, 0.4) is 0 Å². The molecule has 0 radical (unpaired) electrons. The van der Waals surface area contributed by atoms with Crippen LogP contribution >= 0.6 is 31.9 Å². The number of halogens is 14. The zero-order valence-corrected chi connectivity index (χ0v) is 50.6. The summed E-state index contributed by atoms with van der Waals surface area (Å²) in [4.78, 5) is -0.0555. The highest BCUT2D eigenvalue weighted by Gasteiger charge is 2.28. The first-order valence-electron chi connectivity index (χ1n) is 25.1. The van der Waals surface area contributed by atoms with Gasteiger partial charge in [0.2, 0.25) is 0 Å². The topological polar surface area (TPSA) is 123 Å². The lowest BCUT2D eigenvalue weighted by molar-refractivity contribution is -0.137. The van der Waals surface area contributed by atoms with Gasteiger partial charge in [0.15, 0.2) is 34.7 Å². The van der Waals surface area contributed by atoms with Crippen LogP contribution in [0.15, 0.2) is 98.8 Å². The summed E-state index contributed by atoms with van der Waals surface area (Å²) < 4.78 is 187. The Bertz CT molecular complexity index is 3020. The van der Waals surface area contributed by atoms with Gasteiger partial charge in [-0.1, -0.05) is 96.1 Å². The van der Waals surface area contributed by atoms with Gasteiger partial charge in [0, 0.05) is 28.2 Å². The molecular weight excluding hydrogens is 1260 g/mol. The molecule has 0 fully saturated rings. The molecule has 0 unspecified atom stereocenters. The number of aryl methyl sites for hydroxylation is 10.